The zero-order valence-corrected chi connectivity index (χ0v) is 19.5. The van der Waals surface area contributed by atoms with E-state index in [2.05, 4.69) is 9.44 Å². The van der Waals surface area contributed by atoms with Crippen molar-refractivity contribution in [3.63, 3.8) is 0 Å². The topological polar surface area (TPSA) is 92.3 Å². The van der Waals surface area contributed by atoms with Crippen molar-refractivity contribution in [2.45, 2.75) is 75.3 Å². The number of hydrogen-bond acceptors (Lipinski definition) is 4. The van der Waals surface area contributed by atoms with Gasteiger partial charge in [-0.05, 0) is 76.6 Å². The van der Waals surface area contributed by atoms with Gasteiger partial charge in [0.2, 0.25) is 20.0 Å². The van der Waals surface area contributed by atoms with E-state index in [9.17, 15) is 16.8 Å². The molecule has 0 unspecified atom stereocenters. The molecule has 1 saturated carbocycles. The fourth-order valence-corrected chi connectivity index (χ4v) is 7.16. The van der Waals surface area contributed by atoms with Gasteiger partial charge < -0.3 is 0 Å². The monoisotopic (exact) mass is 450 g/mol. The van der Waals surface area contributed by atoms with Crippen molar-refractivity contribution in [3.8, 4) is 0 Å². The van der Waals surface area contributed by atoms with Crippen LogP contribution in [0.5, 0.6) is 0 Å². The minimum Gasteiger partial charge on any atom is -0.208 e. The fraction of sp³-hybridized carbons (Fsp3) is 0.455. The third kappa shape index (κ3) is 5.29. The van der Waals surface area contributed by atoms with Gasteiger partial charge in [0.15, 0.2) is 0 Å². The van der Waals surface area contributed by atoms with E-state index < -0.39 is 20.0 Å². The third-order valence-corrected chi connectivity index (χ3v) is 8.97. The molecule has 0 radical (unpaired) electrons. The number of benzene rings is 2. The smallest absolute Gasteiger partial charge is 0.208 e. The lowest BCUT2D eigenvalue weighted by Crippen LogP contribution is -2.43. The summed E-state index contributed by atoms with van der Waals surface area (Å²) in [7, 11) is -7.20. The van der Waals surface area contributed by atoms with Gasteiger partial charge in [-0.2, -0.15) is 0 Å². The molecule has 0 heterocycles. The molecule has 30 heavy (non-hydrogen) atoms. The van der Waals surface area contributed by atoms with Crippen LogP contribution in [0.2, 0.25) is 0 Å². The quantitative estimate of drug-likeness (QED) is 0.705. The highest BCUT2D eigenvalue weighted by Gasteiger charge is 2.29. The molecular formula is C22H30N2O4S2. The van der Waals surface area contributed by atoms with E-state index in [1.807, 2.05) is 26.0 Å². The van der Waals surface area contributed by atoms with Gasteiger partial charge in [-0.25, -0.2) is 26.3 Å². The Hall–Kier alpha value is -1.74. The summed E-state index contributed by atoms with van der Waals surface area (Å²) in [5, 5.41) is 0. The highest BCUT2D eigenvalue weighted by Crippen LogP contribution is 2.24. The van der Waals surface area contributed by atoms with Crippen LogP contribution in [0.4, 0.5) is 0 Å². The molecule has 164 valence electrons. The molecule has 0 aromatic heterocycles. The van der Waals surface area contributed by atoms with Gasteiger partial charge in [0.25, 0.3) is 0 Å². The minimum absolute atomic E-state index is 0.197. The van der Waals surface area contributed by atoms with Gasteiger partial charge in [0, 0.05) is 12.1 Å². The highest BCUT2D eigenvalue weighted by atomic mass is 32.2. The van der Waals surface area contributed by atoms with E-state index >= 15 is 0 Å². The summed E-state index contributed by atoms with van der Waals surface area (Å²) >= 11 is 0. The van der Waals surface area contributed by atoms with Crippen LogP contribution >= 0.6 is 0 Å². The summed E-state index contributed by atoms with van der Waals surface area (Å²) in [4.78, 5) is 0.594. The molecule has 6 nitrogen and oxygen atoms in total. The van der Waals surface area contributed by atoms with Crippen molar-refractivity contribution in [2.75, 3.05) is 0 Å². The summed E-state index contributed by atoms with van der Waals surface area (Å²) in [6.07, 6.45) is 2.35. The Balaban J connectivity index is 1.62. The zero-order chi connectivity index (χ0) is 22.1. The molecule has 0 aliphatic heterocycles. The number of nitrogens with one attached hydrogen (secondary N) is 2. The molecule has 0 atom stereocenters. The molecule has 3 rings (SSSR count). The predicted octanol–water partition coefficient (Wildman–Crippen LogP) is 3.49. The number of rotatable bonds is 6. The summed E-state index contributed by atoms with van der Waals surface area (Å²) in [5.41, 5.74) is 3.47. The van der Waals surface area contributed by atoms with Crippen molar-refractivity contribution in [2.24, 2.45) is 0 Å². The van der Waals surface area contributed by atoms with Crippen LogP contribution in [-0.2, 0) is 20.0 Å². The predicted molar refractivity (Wildman–Crippen MR) is 119 cm³/mol. The maximum Gasteiger partial charge on any atom is 0.241 e. The second-order valence-corrected chi connectivity index (χ2v) is 11.7. The van der Waals surface area contributed by atoms with Crippen molar-refractivity contribution >= 4 is 20.0 Å². The van der Waals surface area contributed by atoms with Gasteiger partial charge in [-0.1, -0.05) is 35.4 Å². The first-order chi connectivity index (χ1) is 14.0. The molecule has 0 spiro atoms. The van der Waals surface area contributed by atoms with E-state index in [-0.39, 0.29) is 12.1 Å². The van der Waals surface area contributed by atoms with Crippen LogP contribution in [0.25, 0.3) is 0 Å². The summed E-state index contributed by atoms with van der Waals surface area (Å²) in [5.74, 6) is 0. The van der Waals surface area contributed by atoms with Crippen LogP contribution in [0.1, 0.15) is 47.9 Å². The van der Waals surface area contributed by atoms with Crippen LogP contribution in [-0.4, -0.2) is 28.9 Å². The van der Waals surface area contributed by atoms with E-state index in [0.717, 1.165) is 22.3 Å². The Labute approximate surface area is 180 Å². The molecule has 2 aromatic rings. The van der Waals surface area contributed by atoms with Crippen molar-refractivity contribution in [1.29, 1.82) is 0 Å². The Morgan fingerprint density at radius 3 is 1.27 bits per heavy atom. The fourth-order valence-electron chi connectivity index (χ4n) is 4.10. The van der Waals surface area contributed by atoms with Crippen molar-refractivity contribution < 1.29 is 16.8 Å². The second-order valence-electron chi connectivity index (χ2n) is 8.33. The lowest BCUT2D eigenvalue weighted by atomic mass is 9.92. The lowest BCUT2D eigenvalue weighted by Gasteiger charge is -2.29. The largest absolute Gasteiger partial charge is 0.241 e. The van der Waals surface area contributed by atoms with Crippen LogP contribution in [0.15, 0.2) is 46.2 Å². The maximum absolute atomic E-state index is 12.8. The average Bonchev–Trinajstić information content (AvgIpc) is 2.62. The lowest BCUT2D eigenvalue weighted by molar-refractivity contribution is 0.356. The van der Waals surface area contributed by atoms with Gasteiger partial charge >= 0.3 is 0 Å². The normalized spacial score (nSPS) is 20.3. The molecule has 0 amide bonds. The Bertz CT molecular complexity index is 1040. The summed E-state index contributed by atoms with van der Waals surface area (Å²) in [6.45, 7) is 7.44. The van der Waals surface area contributed by atoms with Crippen LogP contribution in [0.3, 0.4) is 0 Å². The number of aryl methyl sites for hydroxylation is 4. The molecule has 1 fully saturated rings. The Morgan fingerprint density at radius 2 is 0.967 bits per heavy atom. The molecule has 2 N–H and O–H groups in total. The van der Waals surface area contributed by atoms with Crippen LogP contribution in [0, 0.1) is 27.7 Å². The maximum atomic E-state index is 12.8. The Kier molecular flexibility index (Phi) is 6.72. The minimum atomic E-state index is -3.60. The zero-order valence-electron chi connectivity index (χ0n) is 17.9. The molecule has 0 saturated heterocycles. The second kappa shape index (κ2) is 8.78. The first-order valence-corrected chi connectivity index (χ1v) is 13.1. The molecule has 2 aromatic carbocycles. The molecule has 0 bridgehead atoms. The van der Waals surface area contributed by atoms with Crippen LogP contribution < -0.4 is 9.44 Å². The average molecular weight is 451 g/mol. The molecule has 8 heteroatoms. The van der Waals surface area contributed by atoms with Crippen molar-refractivity contribution in [3.05, 3.63) is 58.7 Å². The SMILES string of the molecule is Cc1ccc(S(=O)(=O)NC2CCC(NS(=O)(=O)c3ccc(C)cc3C)CC2)c(C)c1. The third-order valence-electron chi connectivity index (χ3n) is 5.61. The first-order valence-electron chi connectivity index (χ1n) is 10.2. The summed E-state index contributed by atoms with van der Waals surface area (Å²) < 4.78 is 56.7. The Morgan fingerprint density at radius 1 is 0.633 bits per heavy atom. The first kappa shape index (κ1) is 22.9. The standard InChI is InChI=1S/C22H30N2O4S2/c1-15-5-11-21(17(3)13-15)29(25,26)23-19-7-9-20(10-8-19)24-30(27,28)22-12-6-16(2)14-18(22)4/h5-6,11-14,19-20,23-24H,7-10H2,1-4H3. The molecule has 1 aliphatic rings. The van der Waals surface area contributed by atoms with E-state index in [1.54, 1.807) is 38.1 Å². The van der Waals surface area contributed by atoms with Gasteiger partial charge in [0.05, 0.1) is 9.79 Å². The van der Waals surface area contributed by atoms with Gasteiger partial charge in [-0.15, -0.1) is 0 Å². The van der Waals surface area contributed by atoms with Gasteiger partial charge in [-0.3, -0.25) is 0 Å². The summed E-state index contributed by atoms with van der Waals surface area (Å²) in [6, 6.07) is 10.2. The number of hydrogen-bond donors (Lipinski definition) is 2. The molecule has 1 aliphatic carbocycles. The van der Waals surface area contributed by atoms with Crippen molar-refractivity contribution in [1.82, 2.24) is 9.44 Å². The highest BCUT2D eigenvalue weighted by molar-refractivity contribution is 7.89. The van der Waals surface area contributed by atoms with E-state index in [4.69, 9.17) is 0 Å². The van der Waals surface area contributed by atoms with E-state index in [1.165, 1.54) is 0 Å². The molecular weight excluding hydrogens is 420 g/mol. The van der Waals surface area contributed by atoms with E-state index in [0.29, 0.717) is 35.5 Å². The number of sulfonamides is 2. The van der Waals surface area contributed by atoms with Gasteiger partial charge in [0.1, 0.15) is 0 Å².